The van der Waals surface area contributed by atoms with Gasteiger partial charge in [-0.1, -0.05) is 36.0 Å². The number of primary sulfonamides is 1. The number of nitrogens with two attached hydrogens (primary N) is 1. The molecule has 0 aliphatic heterocycles. The fraction of sp³-hybridized carbons (Fsp3) is 0.118. The average Bonchev–Trinajstić information content (AvgIpc) is 3.10. The molecule has 1 heterocycles. The second-order valence-corrected chi connectivity index (χ2v) is 8.51. The summed E-state index contributed by atoms with van der Waals surface area (Å²) in [6.07, 6.45) is 1.58. The van der Waals surface area contributed by atoms with E-state index in [4.69, 9.17) is 5.14 Å². The van der Waals surface area contributed by atoms with E-state index >= 15 is 0 Å². The zero-order valence-electron chi connectivity index (χ0n) is 14.3. The Morgan fingerprint density at radius 3 is 2.63 bits per heavy atom. The maximum absolute atomic E-state index is 12.5. The summed E-state index contributed by atoms with van der Waals surface area (Å²) in [7, 11) is -3.84. The molecular formula is C17H17N5O3S2. The van der Waals surface area contributed by atoms with Crippen LogP contribution < -0.4 is 10.5 Å². The summed E-state index contributed by atoms with van der Waals surface area (Å²) in [4.78, 5) is 12.4. The van der Waals surface area contributed by atoms with Crippen molar-refractivity contribution in [1.82, 2.24) is 14.8 Å². The molecule has 0 saturated carbocycles. The monoisotopic (exact) mass is 403 g/mol. The summed E-state index contributed by atoms with van der Waals surface area (Å²) in [6, 6.07) is 15.3. The van der Waals surface area contributed by atoms with Crippen LogP contribution >= 0.6 is 11.8 Å². The highest BCUT2D eigenvalue weighted by atomic mass is 32.2. The summed E-state index contributed by atoms with van der Waals surface area (Å²) < 4.78 is 24.7. The fourth-order valence-corrected chi connectivity index (χ4v) is 3.68. The molecule has 8 nitrogen and oxygen atoms in total. The van der Waals surface area contributed by atoms with Crippen LogP contribution in [0, 0.1) is 0 Å². The van der Waals surface area contributed by atoms with Gasteiger partial charge in [-0.3, -0.25) is 9.36 Å². The predicted octanol–water partition coefficient (Wildman–Crippen LogP) is 2.03. The number of anilines is 1. The lowest BCUT2D eigenvalue weighted by Crippen LogP contribution is -2.23. The summed E-state index contributed by atoms with van der Waals surface area (Å²) in [5.41, 5.74) is 1.24. The maximum Gasteiger partial charge on any atom is 0.238 e. The van der Waals surface area contributed by atoms with E-state index in [0.29, 0.717) is 10.8 Å². The van der Waals surface area contributed by atoms with Gasteiger partial charge in [-0.2, -0.15) is 0 Å². The van der Waals surface area contributed by atoms with Gasteiger partial charge in [-0.05, 0) is 37.3 Å². The molecule has 1 unspecified atom stereocenters. The molecule has 0 radical (unpaired) electrons. The molecule has 1 aromatic heterocycles. The zero-order valence-corrected chi connectivity index (χ0v) is 15.9. The van der Waals surface area contributed by atoms with E-state index in [0.717, 1.165) is 5.69 Å². The van der Waals surface area contributed by atoms with Gasteiger partial charge in [0.15, 0.2) is 5.16 Å². The number of thioether (sulfide) groups is 1. The third-order valence-electron chi connectivity index (χ3n) is 3.63. The average molecular weight is 403 g/mol. The maximum atomic E-state index is 12.5. The molecule has 3 aromatic rings. The van der Waals surface area contributed by atoms with Crippen molar-refractivity contribution < 1.29 is 13.2 Å². The second-order valence-electron chi connectivity index (χ2n) is 5.64. The van der Waals surface area contributed by atoms with Crippen molar-refractivity contribution in [1.29, 1.82) is 0 Å². The van der Waals surface area contributed by atoms with Gasteiger partial charge in [-0.15, -0.1) is 10.2 Å². The Labute approximate surface area is 160 Å². The van der Waals surface area contributed by atoms with Gasteiger partial charge in [0, 0.05) is 11.4 Å². The third-order valence-corrected chi connectivity index (χ3v) is 5.60. The van der Waals surface area contributed by atoms with Crippen molar-refractivity contribution in [3.63, 3.8) is 0 Å². The Morgan fingerprint density at radius 2 is 1.93 bits per heavy atom. The lowest BCUT2D eigenvalue weighted by atomic mass is 10.3. The summed E-state index contributed by atoms with van der Waals surface area (Å²) >= 11 is 1.24. The Morgan fingerprint density at radius 1 is 1.19 bits per heavy atom. The van der Waals surface area contributed by atoms with Gasteiger partial charge in [0.2, 0.25) is 15.9 Å². The SMILES string of the molecule is CC(Sc1nncn1-c1ccccc1)C(=O)Nc1cccc(S(N)(=O)=O)c1. The predicted molar refractivity (Wildman–Crippen MR) is 103 cm³/mol. The lowest BCUT2D eigenvalue weighted by molar-refractivity contribution is -0.115. The molecule has 0 spiro atoms. The number of amides is 1. The van der Waals surface area contributed by atoms with E-state index < -0.39 is 15.3 Å². The number of aromatic nitrogens is 3. The standard InChI is InChI=1S/C17H17N5O3S2/c1-12(16(23)20-13-6-5-9-15(10-13)27(18,24)25)26-17-21-19-11-22(17)14-7-3-2-4-8-14/h2-12H,1H3,(H,20,23)(H2,18,24,25). The first-order valence-electron chi connectivity index (χ1n) is 7.90. The molecule has 1 atom stereocenters. The number of nitrogens with one attached hydrogen (secondary N) is 1. The van der Waals surface area contributed by atoms with Crippen molar-refractivity contribution in [2.24, 2.45) is 5.14 Å². The van der Waals surface area contributed by atoms with Crippen LogP contribution in [-0.2, 0) is 14.8 Å². The van der Waals surface area contributed by atoms with E-state index in [2.05, 4.69) is 15.5 Å². The van der Waals surface area contributed by atoms with Crippen molar-refractivity contribution in [3.8, 4) is 5.69 Å². The van der Waals surface area contributed by atoms with Crippen LogP contribution in [0.5, 0.6) is 0 Å². The minimum Gasteiger partial charge on any atom is -0.325 e. The van der Waals surface area contributed by atoms with Gasteiger partial charge in [-0.25, -0.2) is 13.6 Å². The highest BCUT2D eigenvalue weighted by molar-refractivity contribution is 8.00. The molecule has 1 amide bonds. The van der Waals surface area contributed by atoms with Crippen molar-refractivity contribution in [3.05, 3.63) is 60.9 Å². The Kier molecular flexibility index (Phi) is 5.59. The number of rotatable bonds is 6. The van der Waals surface area contributed by atoms with Crippen LogP contribution in [0.4, 0.5) is 5.69 Å². The first-order valence-corrected chi connectivity index (χ1v) is 10.3. The van der Waals surface area contributed by atoms with Crippen LogP contribution in [0.25, 0.3) is 5.69 Å². The molecule has 0 saturated heterocycles. The Hall–Kier alpha value is -2.69. The first kappa shape index (κ1) is 19.1. The van der Waals surface area contributed by atoms with Crippen molar-refractivity contribution in [2.75, 3.05) is 5.32 Å². The number of carbonyl (C=O) groups is 1. The number of nitrogens with zero attached hydrogens (tertiary/aromatic N) is 3. The van der Waals surface area contributed by atoms with Crippen LogP contribution in [0.15, 0.2) is 71.0 Å². The zero-order chi connectivity index (χ0) is 19.4. The smallest absolute Gasteiger partial charge is 0.238 e. The van der Waals surface area contributed by atoms with E-state index in [9.17, 15) is 13.2 Å². The number of benzene rings is 2. The molecule has 3 rings (SSSR count). The second kappa shape index (κ2) is 7.91. The van der Waals surface area contributed by atoms with E-state index in [1.54, 1.807) is 23.9 Å². The molecular weight excluding hydrogens is 386 g/mol. The molecule has 0 fully saturated rings. The van der Waals surface area contributed by atoms with Crippen LogP contribution in [-0.4, -0.2) is 34.3 Å². The van der Waals surface area contributed by atoms with E-state index in [-0.39, 0.29) is 10.8 Å². The molecule has 27 heavy (non-hydrogen) atoms. The normalized spacial score (nSPS) is 12.5. The summed E-state index contributed by atoms with van der Waals surface area (Å²) in [6.45, 7) is 1.73. The van der Waals surface area contributed by atoms with Gasteiger partial charge >= 0.3 is 0 Å². The van der Waals surface area contributed by atoms with Gasteiger partial charge < -0.3 is 5.32 Å². The van der Waals surface area contributed by atoms with E-state index in [1.165, 1.54) is 30.0 Å². The highest BCUT2D eigenvalue weighted by Gasteiger charge is 2.19. The highest BCUT2D eigenvalue weighted by Crippen LogP contribution is 2.25. The fourth-order valence-electron chi connectivity index (χ4n) is 2.28. The molecule has 140 valence electrons. The number of sulfonamides is 1. The van der Waals surface area contributed by atoms with Crippen LogP contribution in [0.1, 0.15) is 6.92 Å². The molecule has 10 heteroatoms. The lowest BCUT2D eigenvalue weighted by Gasteiger charge is -2.13. The topological polar surface area (TPSA) is 120 Å². The largest absolute Gasteiger partial charge is 0.325 e. The molecule has 0 aliphatic rings. The van der Waals surface area contributed by atoms with Crippen molar-refractivity contribution >= 4 is 33.4 Å². The molecule has 3 N–H and O–H groups in total. The van der Waals surface area contributed by atoms with Gasteiger partial charge in [0.25, 0.3) is 0 Å². The minimum atomic E-state index is -3.84. The minimum absolute atomic E-state index is 0.0653. The Balaban J connectivity index is 1.72. The molecule has 2 aromatic carbocycles. The number of hydrogen-bond donors (Lipinski definition) is 2. The van der Waals surface area contributed by atoms with Crippen LogP contribution in [0.3, 0.4) is 0 Å². The molecule has 0 aliphatic carbocycles. The first-order chi connectivity index (χ1) is 12.8. The van der Waals surface area contributed by atoms with Gasteiger partial charge in [0.05, 0.1) is 10.1 Å². The van der Waals surface area contributed by atoms with Gasteiger partial charge in [0.1, 0.15) is 6.33 Å². The molecule has 0 bridgehead atoms. The number of carbonyl (C=O) groups excluding carboxylic acids is 1. The summed E-state index contributed by atoms with van der Waals surface area (Å²) in [5, 5.41) is 15.9. The number of para-hydroxylation sites is 1. The number of hydrogen-bond acceptors (Lipinski definition) is 6. The third kappa shape index (κ3) is 4.73. The Bertz CT molecular complexity index is 1050. The van der Waals surface area contributed by atoms with Crippen molar-refractivity contribution in [2.45, 2.75) is 22.2 Å². The van der Waals surface area contributed by atoms with Crippen LogP contribution in [0.2, 0.25) is 0 Å². The van der Waals surface area contributed by atoms with E-state index in [1.807, 2.05) is 30.3 Å². The summed E-state index contributed by atoms with van der Waals surface area (Å²) in [5.74, 6) is -0.297. The quantitative estimate of drug-likeness (QED) is 0.608.